The third-order valence-corrected chi connectivity index (χ3v) is 4.58. The summed E-state index contributed by atoms with van der Waals surface area (Å²) in [4.78, 5) is 14.6. The number of carbonyl (C=O) groups excluding carboxylic acids is 1. The first-order valence-corrected chi connectivity index (χ1v) is 8.77. The van der Waals surface area contributed by atoms with Gasteiger partial charge in [-0.1, -0.05) is 51.0 Å². The zero-order valence-corrected chi connectivity index (χ0v) is 14.1. The van der Waals surface area contributed by atoms with E-state index < -0.39 is 0 Å². The smallest absolute Gasteiger partial charge is 0.223 e. The molecule has 1 N–H and O–H groups in total. The summed E-state index contributed by atoms with van der Waals surface area (Å²) in [6.07, 6.45) is 6.01. The third-order valence-electron chi connectivity index (χ3n) is 4.58. The van der Waals surface area contributed by atoms with Crippen LogP contribution in [0.3, 0.4) is 0 Å². The van der Waals surface area contributed by atoms with Crippen LogP contribution in [0.2, 0.25) is 0 Å². The van der Waals surface area contributed by atoms with E-state index in [1.165, 1.54) is 43.5 Å². The summed E-state index contributed by atoms with van der Waals surface area (Å²) < 4.78 is 0. The highest BCUT2D eigenvalue weighted by Gasteiger charge is 2.14. The SMILES string of the molecule is CCCC(C)C(=O)NCc1ccccc1CN1CCCCC1. The Bertz CT molecular complexity index is 466. The number of carbonyl (C=O) groups is 1. The highest BCUT2D eigenvalue weighted by atomic mass is 16.1. The normalized spacial score (nSPS) is 17.2. The number of amides is 1. The molecule has 1 aliphatic rings. The van der Waals surface area contributed by atoms with Gasteiger partial charge in [0.25, 0.3) is 0 Å². The minimum absolute atomic E-state index is 0.110. The average molecular weight is 302 g/mol. The van der Waals surface area contributed by atoms with Crippen molar-refractivity contribution in [3.05, 3.63) is 35.4 Å². The van der Waals surface area contributed by atoms with Crippen LogP contribution in [0, 0.1) is 5.92 Å². The monoisotopic (exact) mass is 302 g/mol. The lowest BCUT2D eigenvalue weighted by atomic mass is 10.0. The van der Waals surface area contributed by atoms with Crippen LogP contribution in [0.4, 0.5) is 0 Å². The lowest BCUT2D eigenvalue weighted by molar-refractivity contribution is -0.124. The minimum Gasteiger partial charge on any atom is -0.352 e. The van der Waals surface area contributed by atoms with Gasteiger partial charge >= 0.3 is 0 Å². The molecule has 122 valence electrons. The number of rotatable bonds is 7. The van der Waals surface area contributed by atoms with Crippen LogP contribution in [-0.4, -0.2) is 23.9 Å². The van der Waals surface area contributed by atoms with Crippen molar-refractivity contribution in [3.63, 3.8) is 0 Å². The molecule has 1 fully saturated rings. The molecule has 1 saturated heterocycles. The molecule has 1 amide bonds. The van der Waals surface area contributed by atoms with Gasteiger partial charge in [-0.2, -0.15) is 0 Å². The van der Waals surface area contributed by atoms with E-state index in [-0.39, 0.29) is 11.8 Å². The Labute approximate surface area is 135 Å². The van der Waals surface area contributed by atoms with E-state index in [2.05, 4.69) is 41.4 Å². The molecule has 1 atom stereocenters. The predicted octanol–water partition coefficient (Wildman–Crippen LogP) is 3.72. The Morgan fingerprint density at radius 2 is 1.86 bits per heavy atom. The quantitative estimate of drug-likeness (QED) is 0.832. The summed E-state index contributed by atoms with van der Waals surface area (Å²) in [6.45, 7) is 8.20. The molecule has 1 heterocycles. The summed E-state index contributed by atoms with van der Waals surface area (Å²) >= 11 is 0. The number of hydrogen-bond acceptors (Lipinski definition) is 2. The fourth-order valence-electron chi connectivity index (χ4n) is 3.16. The molecular weight excluding hydrogens is 272 g/mol. The van der Waals surface area contributed by atoms with Gasteiger partial charge in [0, 0.05) is 19.0 Å². The van der Waals surface area contributed by atoms with E-state index in [9.17, 15) is 4.79 Å². The number of likely N-dealkylation sites (tertiary alicyclic amines) is 1. The molecule has 1 unspecified atom stereocenters. The largest absolute Gasteiger partial charge is 0.352 e. The molecule has 0 radical (unpaired) electrons. The van der Waals surface area contributed by atoms with E-state index in [0.29, 0.717) is 6.54 Å². The molecule has 1 aromatic rings. The van der Waals surface area contributed by atoms with Gasteiger partial charge in [0.15, 0.2) is 0 Å². The summed E-state index contributed by atoms with van der Waals surface area (Å²) in [7, 11) is 0. The van der Waals surface area contributed by atoms with Crippen LogP contribution in [0.5, 0.6) is 0 Å². The summed E-state index contributed by atoms with van der Waals surface area (Å²) in [5.41, 5.74) is 2.61. The van der Waals surface area contributed by atoms with Crippen molar-refractivity contribution < 1.29 is 4.79 Å². The Kier molecular flexibility index (Phi) is 6.91. The Morgan fingerprint density at radius 3 is 2.55 bits per heavy atom. The van der Waals surface area contributed by atoms with E-state index >= 15 is 0 Å². The van der Waals surface area contributed by atoms with Crippen LogP contribution < -0.4 is 5.32 Å². The topological polar surface area (TPSA) is 32.3 Å². The zero-order valence-electron chi connectivity index (χ0n) is 14.1. The lowest BCUT2D eigenvalue weighted by Crippen LogP contribution is -2.31. The van der Waals surface area contributed by atoms with Crippen LogP contribution >= 0.6 is 0 Å². The lowest BCUT2D eigenvalue weighted by Gasteiger charge is -2.27. The average Bonchev–Trinajstić information content (AvgIpc) is 2.55. The molecule has 3 nitrogen and oxygen atoms in total. The van der Waals surface area contributed by atoms with Gasteiger partial charge in [0.1, 0.15) is 0 Å². The minimum atomic E-state index is 0.110. The Hall–Kier alpha value is -1.35. The first kappa shape index (κ1) is 17.0. The van der Waals surface area contributed by atoms with Crippen molar-refractivity contribution in [3.8, 4) is 0 Å². The molecule has 0 aromatic heterocycles. The van der Waals surface area contributed by atoms with E-state index in [0.717, 1.165) is 19.4 Å². The van der Waals surface area contributed by atoms with Gasteiger partial charge in [0.2, 0.25) is 5.91 Å². The van der Waals surface area contributed by atoms with Gasteiger partial charge in [-0.15, -0.1) is 0 Å². The zero-order chi connectivity index (χ0) is 15.8. The van der Waals surface area contributed by atoms with Gasteiger partial charge in [-0.25, -0.2) is 0 Å². The molecule has 3 heteroatoms. The number of nitrogens with one attached hydrogen (secondary N) is 1. The van der Waals surface area contributed by atoms with E-state index in [4.69, 9.17) is 0 Å². The molecular formula is C19H30N2O. The molecule has 1 aliphatic heterocycles. The second kappa shape index (κ2) is 8.94. The van der Waals surface area contributed by atoms with Crippen LogP contribution in [0.1, 0.15) is 57.1 Å². The van der Waals surface area contributed by atoms with Crippen molar-refractivity contribution in [2.45, 2.75) is 59.0 Å². The highest BCUT2D eigenvalue weighted by molar-refractivity contribution is 5.78. The fraction of sp³-hybridized carbons (Fsp3) is 0.632. The summed E-state index contributed by atoms with van der Waals surface area (Å²) in [5, 5.41) is 3.10. The molecule has 2 rings (SSSR count). The standard InChI is InChI=1S/C19H30N2O/c1-3-9-16(2)19(22)20-14-17-10-5-6-11-18(17)15-21-12-7-4-8-13-21/h5-6,10-11,16H,3-4,7-9,12-15H2,1-2H3,(H,20,22). The van der Waals surface area contributed by atoms with Gasteiger partial charge in [-0.3, -0.25) is 9.69 Å². The molecule has 0 spiro atoms. The molecule has 1 aromatic carbocycles. The van der Waals surface area contributed by atoms with E-state index in [1.54, 1.807) is 0 Å². The van der Waals surface area contributed by atoms with Crippen LogP contribution in [-0.2, 0) is 17.9 Å². The van der Waals surface area contributed by atoms with Crippen molar-refractivity contribution in [2.24, 2.45) is 5.92 Å². The number of hydrogen-bond donors (Lipinski definition) is 1. The molecule has 0 bridgehead atoms. The maximum atomic E-state index is 12.1. The first-order valence-electron chi connectivity index (χ1n) is 8.77. The van der Waals surface area contributed by atoms with Crippen molar-refractivity contribution >= 4 is 5.91 Å². The second-order valence-corrected chi connectivity index (χ2v) is 6.51. The van der Waals surface area contributed by atoms with Gasteiger partial charge in [-0.05, 0) is 43.5 Å². The third kappa shape index (κ3) is 5.13. The summed E-state index contributed by atoms with van der Waals surface area (Å²) in [5.74, 6) is 0.286. The second-order valence-electron chi connectivity index (χ2n) is 6.51. The predicted molar refractivity (Wildman–Crippen MR) is 91.5 cm³/mol. The molecule has 0 aliphatic carbocycles. The number of nitrogens with zero attached hydrogens (tertiary/aromatic N) is 1. The van der Waals surface area contributed by atoms with Crippen LogP contribution in [0.25, 0.3) is 0 Å². The maximum absolute atomic E-state index is 12.1. The Morgan fingerprint density at radius 1 is 1.18 bits per heavy atom. The number of benzene rings is 1. The Balaban J connectivity index is 1.91. The summed E-state index contributed by atoms with van der Waals surface area (Å²) in [6, 6.07) is 8.51. The van der Waals surface area contributed by atoms with Crippen molar-refractivity contribution in [2.75, 3.05) is 13.1 Å². The van der Waals surface area contributed by atoms with Gasteiger partial charge in [0.05, 0.1) is 0 Å². The number of piperidine rings is 1. The molecule has 0 saturated carbocycles. The van der Waals surface area contributed by atoms with Gasteiger partial charge < -0.3 is 5.32 Å². The first-order chi connectivity index (χ1) is 10.7. The highest BCUT2D eigenvalue weighted by Crippen LogP contribution is 2.16. The van der Waals surface area contributed by atoms with Crippen LogP contribution in [0.15, 0.2) is 24.3 Å². The fourth-order valence-corrected chi connectivity index (χ4v) is 3.16. The van der Waals surface area contributed by atoms with E-state index in [1.807, 2.05) is 6.92 Å². The van der Waals surface area contributed by atoms with Crippen molar-refractivity contribution in [1.82, 2.24) is 10.2 Å². The van der Waals surface area contributed by atoms with Crippen molar-refractivity contribution in [1.29, 1.82) is 0 Å². The maximum Gasteiger partial charge on any atom is 0.223 e. The molecule has 22 heavy (non-hydrogen) atoms.